The van der Waals surface area contributed by atoms with E-state index >= 15 is 0 Å². The molecule has 0 atom stereocenters. The normalized spacial score (nSPS) is 19.3. The average Bonchev–Trinajstić information content (AvgIpc) is 2.48. The second-order valence-corrected chi connectivity index (χ2v) is 9.01. The van der Waals surface area contributed by atoms with Crippen molar-refractivity contribution in [2.75, 3.05) is 39.0 Å². The van der Waals surface area contributed by atoms with Crippen LogP contribution in [0, 0.1) is 0 Å². The molecule has 0 aromatic heterocycles. The number of halogens is 1. The van der Waals surface area contributed by atoms with Gasteiger partial charge in [0.25, 0.3) is 0 Å². The molecule has 0 amide bonds. The van der Waals surface area contributed by atoms with Crippen molar-refractivity contribution in [2.24, 2.45) is 4.99 Å². The smallest absolute Gasteiger partial charge is 0.305 e. The molecular formula is C15H30IN3O4S. The van der Waals surface area contributed by atoms with Gasteiger partial charge in [0.1, 0.15) is 0 Å². The second-order valence-electron chi connectivity index (χ2n) is 6.27. The Bertz CT molecular complexity index is 535. The number of aliphatic imine (C=N–C) groups is 1. The van der Waals surface area contributed by atoms with E-state index in [2.05, 4.69) is 15.0 Å². The van der Waals surface area contributed by atoms with E-state index in [-0.39, 0.29) is 35.7 Å². The van der Waals surface area contributed by atoms with Gasteiger partial charge in [0, 0.05) is 32.6 Å². The molecule has 1 N–H and O–H groups in total. The van der Waals surface area contributed by atoms with E-state index in [1.807, 2.05) is 11.8 Å². The lowest BCUT2D eigenvalue weighted by Crippen LogP contribution is -2.57. The highest BCUT2D eigenvalue weighted by Crippen LogP contribution is 2.23. The maximum absolute atomic E-state index is 12.1. The number of sulfone groups is 1. The third-order valence-electron chi connectivity index (χ3n) is 3.96. The number of guanidine groups is 1. The Hall–Kier alpha value is -0.580. The van der Waals surface area contributed by atoms with Crippen LogP contribution in [0.1, 0.15) is 40.0 Å². The molecule has 0 unspecified atom stereocenters. The van der Waals surface area contributed by atoms with Crippen LogP contribution in [0.3, 0.4) is 0 Å². The first-order chi connectivity index (χ1) is 10.7. The highest BCUT2D eigenvalue weighted by molar-refractivity contribution is 14.0. The van der Waals surface area contributed by atoms with Crippen LogP contribution in [0.25, 0.3) is 0 Å². The van der Waals surface area contributed by atoms with Crippen LogP contribution in [0.5, 0.6) is 0 Å². The number of nitrogens with one attached hydrogen (secondary N) is 1. The van der Waals surface area contributed by atoms with Gasteiger partial charge in [0.2, 0.25) is 0 Å². The van der Waals surface area contributed by atoms with Crippen LogP contribution >= 0.6 is 24.0 Å². The molecule has 7 nitrogen and oxygen atoms in total. The van der Waals surface area contributed by atoms with Crippen molar-refractivity contribution in [3.8, 4) is 0 Å². The average molecular weight is 475 g/mol. The largest absolute Gasteiger partial charge is 0.469 e. The molecule has 24 heavy (non-hydrogen) atoms. The minimum absolute atomic E-state index is 0. The van der Waals surface area contributed by atoms with Crippen LogP contribution in [-0.4, -0.2) is 69.0 Å². The number of rotatable bonds is 6. The van der Waals surface area contributed by atoms with Gasteiger partial charge in [-0.3, -0.25) is 9.79 Å². The fraction of sp³-hybridized carbons (Fsp3) is 0.867. The highest BCUT2D eigenvalue weighted by atomic mass is 127. The van der Waals surface area contributed by atoms with Gasteiger partial charge in [-0.15, -0.1) is 24.0 Å². The summed E-state index contributed by atoms with van der Waals surface area (Å²) in [6.45, 7) is 7.72. The Morgan fingerprint density at radius 1 is 1.33 bits per heavy atom. The van der Waals surface area contributed by atoms with E-state index in [0.29, 0.717) is 26.1 Å². The summed E-state index contributed by atoms with van der Waals surface area (Å²) < 4.78 is 28.0. The van der Waals surface area contributed by atoms with Crippen molar-refractivity contribution in [1.29, 1.82) is 0 Å². The first-order valence-corrected chi connectivity index (χ1v) is 9.71. The van der Waals surface area contributed by atoms with Gasteiger partial charge in [-0.25, -0.2) is 8.42 Å². The zero-order chi connectivity index (χ0) is 17.5. The van der Waals surface area contributed by atoms with Gasteiger partial charge in [0.15, 0.2) is 15.8 Å². The summed E-state index contributed by atoms with van der Waals surface area (Å²) in [6.07, 6.45) is 1.92. The van der Waals surface area contributed by atoms with Crippen molar-refractivity contribution < 1.29 is 17.9 Å². The molecule has 1 rings (SSSR count). The molecule has 0 aromatic carbocycles. The molecule has 1 fully saturated rings. The highest BCUT2D eigenvalue weighted by Gasteiger charge is 2.40. The summed E-state index contributed by atoms with van der Waals surface area (Å²) >= 11 is 0. The SMILES string of the molecule is CCNC(=NCCCCC(=O)OC)N1CCS(=O)(=O)C(C)(C)C1.I. The van der Waals surface area contributed by atoms with Gasteiger partial charge in [-0.2, -0.15) is 0 Å². The maximum Gasteiger partial charge on any atom is 0.305 e. The summed E-state index contributed by atoms with van der Waals surface area (Å²) in [5.74, 6) is 0.685. The van der Waals surface area contributed by atoms with Crippen molar-refractivity contribution in [3.05, 3.63) is 0 Å². The number of unbranched alkanes of at least 4 members (excludes halogenated alkanes) is 1. The second kappa shape index (κ2) is 10.4. The molecule has 0 aliphatic carbocycles. The number of carbonyl (C=O) groups excluding carboxylic acids is 1. The van der Waals surface area contributed by atoms with Gasteiger partial charge in [-0.05, 0) is 33.6 Å². The lowest BCUT2D eigenvalue weighted by molar-refractivity contribution is -0.140. The first kappa shape index (κ1) is 23.4. The quantitative estimate of drug-likeness (QED) is 0.206. The van der Waals surface area contributed by atoms with E-state index in [0.717, 1.165) is 25.3 Å². The Labute approximate surface area is 162 Å². The zero-order valence-electron chi connectivity index (χ0n) is 15.0. The topological polar surface area (TPSA) is 88.1 Å². The van der Waals surface area contributed by atoms with Crippen LogP contribution < -0.4 is 5.32 Å². The number of esters is 1. The molecule has 1 saturated heterocycles. The van der Waals surface area contributed by atoms with Gasteiger partial charge >= 0.3 is 5.97 Å². The summed E-state index contributed by atoms with van der Waals surface area (Å²) in [5.41, 5.74) is 0. The van der Waals surface area contributed by atoms with Crippen LogP contribution in [0.15, 0.2) is 4.99 Å². The summed E-state index contributed by atoms with van der Waals surface area (Å²) in [5, 5.41) is 3.22. The van der Waals surface area contributed by atoms with Gasteiger partial charge < -0.3 is 15.0 Å². The molecule has 1 heterocycles. The number of carbonyl (C=O) groups is 1. The van der Waals surface area contributed by atoms with E-state index in [9.17, 15) is 13.2 Å². The standard InChI is InChI=1S/C15H29N3O4S.HI/c1-5-16-14(17-9-7-6-8-13(19)22-4)18-10-11-23(20,21)15(2,3)12-18;/h5-12H2,1-4H3,(H,16,17);1H. The Balaban J connectivity index is 0.00000529. The van der Waals surface area contributed by atoms with Crippen molar-refractivity contribution in [1.82, 2.24) is 10.2 Å². The first-order valence-electron chi connectivity index (χ1n) is 8.06. The number of hydrogen-bond acceptors (Lipinski definition) is 5. The summed E-state index contributed by atoms with van der Waals surface area (Å²) in [6, 6.07) is 0. The molecule has 1 aliphatic rings. The molecule has 9 heteroatoms. The molecule has 1 aliphatic heterocycles. The van der Waals surface area contributed by atoms with E-state index in [1.54, 1.807) is 13.8 Å². The number of nitrogens with zero attached hydrogens (tertiary/aromatic N) is 2. The number of hydrogen-bond donors (Lipinski definition) is 1. The van der Waals surface area contributed by atoms with Gasteiger partial charge in [0.05, 0.1) is 17.6 Å². The molecule has 0 bridgehead atoms. The summed E-state index contributed by atoms with van der Waals surface area (Å²) in [4.78, 5) is 17.6. The summed E-state index contributed by atoms with van der Waals surface area (Å²) in [7, 11) is -1.67. The minimum Gasteiger partial charge on any atom is -0.469 e. The predicted octanol–water partition coefficient (Wildman–Crippen LogP) is 1.42. The third kappa shape index (κ3) is 6.73. The molecule has 0 saturated carbocycles. The van der Waals surface area contributed by atoms with Crippen LogP contribution in [-0.2, 0) is 19.4 Å². The Kier molecular flexibility index (Phi) is 10.2. The fourth-order valence-electron chi connectivity index (χ4n) is 2.42. The zero-order valence-corrected chi connectivity index (χ0v) is 18.1. The Morgan fingerprint density at radius 2 is 2.00 bits per heavy atom. The lowest BCUT2D eigenvalue weighted by atomic mass is 10.2. The fourth-order valence-corrected chi connectivity index (χ4v) is 3.78. The van der Waals surface area contributed by atoms with Crippen LogP contribution in [0.4, 0.5) is 0 Å². The monoisotopic (exact) mass is 475 g/mol. The van der Waals surface area contributed by atoms with E-state index in [1.165, 1.54) is 7.11 Å². The van der Waals surface area contributed by atoms with E-state index in [4.69, 9.17) is 0 Å². The lowest BCUT2D eigenvalue weighted by Gasteiger charge is -2.39. The minimum atomic E-state index is -3.06. The molecule has 0 radical (unpaired) electrons. The maximum atomic E-state index is 12.1. The van der Waals surface area contributed by atoms with Crippen molar-refractivity contribution in [2.45, 2.75) is 44.8 Å². The number of ether oxygens (including phenoxy) is 1. The predicted molar refractivity (Wildman–Crippen MR) is 107 cm³/mol. The Morgan fingerprint density at radius 3 is 2.54 bits per heavy atom. The molecule has 0 aromatic rings. The van der Waals surface area contributed by atoms with E-state index < -0.39 is 14.6 Å². The van der Waals surface area contributed by atoms with Gasteiger partial charge in [-0.1, -0.05) is 0 Å². The van der Waals surface area contributed by atoms with Crippen molar-refractivity contribution >= 4 is 45.7 Å². The van der Waals surface area contributed by atoms with Crippen molar-refractivity contribution in [3.63, 3.8) is 0 Å². The molecule has 0 spiro atoms. The number of methoxy groups -OCH3 is 1. The molecular weight excluding hydrogens is 445 g/mol. The third-order valence-corrected chi connectivity index (χ3v) is 6.49. The molecule has 142 valence electrons. The van der Waals surface area contributed by atoms with Crippen LogP contribution in [0.2, 0.25) is 0 Å².